The molecule has 3 nitrogen and oxygen atoms in total. The summed E-state index contributed by atoms with van der Waals surface area (Å²) in [5.74, 6) is 0. The molecule has 2 rings (SSSR count). The fourth-order valence-corrected chi connectivity index (χ4v) is 2.38. The number of nitrogens with one attached hydrogen (secondary N) is 2. The number of urea groups is 1. The van der Waals surface area contributed by atoms with E-state index in [1.807, 2.05) is 24.3 Å². The molecule has 0 saturated heterocycles. The highest BCUT2D eigenvalue weighted by molar-refractivity contribution is 5.99. The summed E-state index contributed by atoms with van der Waals surface area (Å²) in [6.07, 6.45) is 4.38. The summed E-state index contributed by atoms with van der Waals surface area (Å²) in [5.41, 5.74) is 4.19. The molecule has 2 aromatic rings. The third-order valence-electron chi connectivity index (χ3n) is 3.50. The van der Waals surface area contributed by atoms with Crippen LogP contribution in [0.15, 0.2) is 48.5 Å². The second-order valence-electron chi connectivity index (χ2n) is 5.47. The van der Waals surface area contributed by atoms with Crippen molar-refractivity contribution in [1.29, 1.82) is 0 Å². The molecule has 22 heavy (non-hydrogen) atoms. The molecule has 0 aromatic heterocycles. The number of amides is 2. The lowest BCUT2D eigenvalue weighted by molar-refractivity contribution is 0.262. The van der Waals surface area contributed by atoms with Crippen LogP contribution in [-0.2, 0) is 12.8 Å². The first kappa shape index (κ1) is 16.1. The Morgan fingerprint density at radius 3 is 1.41 bits per heavy atom. The number of hydrogen-bond acceptors (Lipinski definition) is 1. The van der Waals surface area contributed by atoms with E-state index in [0.717, 1.165) is 37.1 Å². The Morgan fingerprint density at radius 2 is 1.09 bits per heavy atom. The fraction of sp³-hybridized carbons (Fsp3) is 0.316. The van der Waals surface area contributed by atoms with Crippen LogP contribution in [-0.4, -0.2) is 6.03 Å². The van der Waals surface area contributed by atoms with E-state index in [-0.39, 0.29) is 6.03 Å². The van der Waals surface area contributed by atoms with Gasteiger partial charge in [-0.2, -0.15) is 0 Å². The lowest BCUT2D eigenvalue weighted by Gasteiger charge is -2.09. The lowest BCUT2D eigenvalue weighted by Crippen LogP contribution is -2.19. The smallest absolute Gasteiger partial charge is 0.308 e. The van der Waals surface area contributed by atoms with Crippen LogP contribution in [0, 0.1) is 0 Å². The summed E-state index contributed by atoms with van der Waals surface area (Å²) in [6.45, 7) is 4.32. The Bertz CT molecular complexity index is 534. The van der Waals surface area contributed by atoms with Crippen molar-refractivity contribution in [2.45, 2.75) is 39.5 Å². The van der Waals surface area contributed by atoms with Crippen molar-refractivity contribution in [3.8, 4) is 0 Å². The van der Waals surface area contributed by atoms with E-state index < -0.39 is 0 Å². The molecular formula is C19H24N2O. The highest BCUT2D eigenvalue weighted by Gasteiger charge is 2.03. The van der Waals surface area contributed by atoms with Crippen molar-refractivity contribution < 1.29 is 4.79 Å². The van der Waals surface area contributed by atoms with Gasteiger partial charge in [-0.05, 0) is 48.2 Å². The topological polar surface area (TPSA) is 41.1 Å². The van der Waals surface area contributed by atoms with Crippen LogP contribution < -0.4 is 10.6 Å². The molecule has 0 spiro atoms. The first-order chi connectivity index (χ1) is 10.7. The number of carbonyl (C=O) groups excluding carboxylic acids is 1. The number of anilines is 2. The van der Waals surface area contributed by atoms with Crippen molar-refractivity contribution in [2.75, 3.05) is 10.6 Å². The molecule has 3 heteroatoms. The van der Waals surface area contributed by atoms with Gasteiger partial charge in [0.05, 0.1) is 0 Å². The maximum absolute atomic E-state index is 12.0. The van der Waals surface area contributed by atoms with E-state index in [4.69, 9.17) is 0 Å². The van der Waals surface area contributed by atoms with Crippen LogP contribution in [0.2, 0.25) is 0 Å². The Hall–Kier alpha value is -2.29. The number of carbonyl (C=O) groups is 1. The molecule has 0 heterocycles. The van der Waals surface area contributed by atoms with Gasteiger partial charge >= 0.3 is 6.03 Å². The van der Waals surface area contributed by atoms with Crippen molar-refractivity contribution in [3.05, 3.63) is 59.7 Å². The number of hydrogen-bond donors (Lipinski definition) is 2. The van der Waals surface area contributed by atoms with Gasteiger partial charge in [-0.15, -0.1) is 0 Å². The fourth-order valence-electron chi connectivity index (χ4n) is 2.38. The molecule has 0 aliphatic carbocycles. The van der Waals surface area contributed by atoms with Crippen molar-refractivity contribution in [1.82, 2.24) is 0 Å². The molecule has 0 atom stereocenters. The van der Waals surface area contributed by atoms with Crippen LogP contribution in [0.5, 0.6) is 0 Å². The molecule has 0 aliphatic heterocycles. The van der Waals surface area contributed by atoms with Gasteiger partial charge in [0.15, 0.2) is 0 Å². The van der Waals surface area contributed by atoms with E-state index >= 15 is 0 Å². The van der Waals surface area contributed by atoms with Gasteiger partial charge in [-0.25, -0.2) is 4.79 Å². The monoisotopic (exact) mass is 296 g/mol. The zero-order valence-electron chi connectivity index (χ0n) is 13.4. The molecule has 0 fully saturated rings. The first-order valence-corrected chi connectivity index (χ1v) is 7.97. The summed E-state index contributed by atoms with van der Waals surface area (Å²) in [4.78, 5) is 12.0. The number of aryl methyl sites for hydroxylation is 2. The quantitative estimate of drug-likeness (QED) is 0.752. The van der Waals surface area contributed by atoms with Gasteiger partial charge in [0.2, 0.25) is 0 Å². The molecule has 0 radical (unpaired) electrons. The molecule has 2 amide bonds. The molecule has 0 unspecified atom stereocenters. The summed E-state index contributed by atoms with van der Waals surface area (Å²) >= 11 is 0. The first-order valence-electron chi connectivity index (χ1n) is 7.97. The van der Waals surface area contributed by atoms with E-state index in [2.05, 4.69) is 48.7 Å². The van der Waals surface area contributed by atoms with Crippen LogP contribution in [0.1, 0.15) is 37.8 Å². The zero-order chi connectivity index (χ0) is 15.8. The SMILES string of the molecule is CCCc1ccc(NC(=O)Nc2ccc(CCC)cc2)cc1. The average Bonchev–Trinajstić information content (AvgIpc) is 2.52. The summed E-state index contributed by atoms with van der Waals surface area (Å²) < 4.78 is 0. The van der Waals surface area contributed by atoms with Crippen LogP contribution in [0.4, 0.5) is 16.2 Å². The predicted molar refractivity (Wildman–Crippen MR) is 93.5 cm³/mol. The molecule has 2 aromatic carbocycles. The van der Waals surface area contributed by atoms with Gasteiger partial charge < -0.3 is 10.6 Å². The third-order valence-corrected chi connectivity index (χ3v) is 3.50. The maximum Gasteiger partial charge on any atom is 0.323 e. The van der Waals surface area contributed by atoms with E-state index in [9.17, 15) is 4.79 Å². The minimum absolute atomic E-state index is 0.216. The molecule has 116 valence electrons. The second-order valence-corrected chi connectivity index (χ2v) is 5.47. The number of benzene rings is 2. The highest BCUT2D eigenvalue weighted by Crippen LogP contribution is 2.13. The third kappa shape index (κ3) is 4.92. The molecular weight excluding hydrogens is 272 g/mol. The zero-order valence-corrected chi connectivity index (χ0v) is 13.4. The van der Waals surface area contributed by atoms with Gasteiger partial charge in [0.25, 0.3) is 0 Å². The van der Waals surface area contributed by atoms with Gasteiger partial charge in [0.1, 0.15) is 0 Å². The van der Waals surface area contributed by atoms with Crippen LogP contribution >= 0.6 is 0 Å². The van der Waals surface area contributed by atoms with Crippen LogP contribution in [0.25, 0.3) is 0 Å². The predicted octanol–water partition coefficient (Wildman–Crippen LogP) is 5.24. The van der Waals surface area contributed by atoms with Gasteiger partial charge in [-0.1, -0.05) is 51.0 Å². The average molecular weight is 296 g/mol. The molecule has 0 saturated carbocycles. The second kappa shape index (κ2) is 8.23. The normalized spacial score (nSPS) is 10.3. The summed E-state index contributed by atoms with van der Waals surface area (Å²) in [7, 11) is 0. The van der Waals surface area contributed by atoms with Crippen molar-refractivity contribution in [2.24, 2.45) is 0 Å². The van der Waals surface area contributed by atoms with Crippen molar-refractivity contribution in [3.63, 3.8) is 0 Å². The van der Waals surface area contributed by atoms with Gasteiger partial charge in [-0.3, -0.25) is 0 Å². The van der Waals surface area contributed by atoms with Gasteiger partial charge in [0, 0.05) is 11.4 Å². The minimum Gasteiger partial charge on any atom is -0.308 e. The largest absolute Gasteiger partial charge is 0.323 e. The lowest BCUT2D eigenvalue weighted by atomic mass is 10.1. The molecule has 0 bridgehead atoms. The maximum atomic E-state index is 12.0. The van der Waals surface area contributed by atoms with Crippen LogP contribution in [0.3, 0.4) is 0 Å². The van der Waals surface area contributed by atoms with E-state index in [1.54, 1.807) is 0 Å². The van der Waals surface area contributed by atoms with Crippen molar-refractivity contribution >= 4 is 17.4 Å². The molecule has 0 aliphatic rings. The standard InChI is InChI=1S/C19H24N2O/c1-3-5-15-7-11-17(12-8-15)20-19(22)21-18-13-9-16(6-4-2)10-14-18/h7-14H,3-6H2,1-2H3,(H2,20,21,22). The Labute approximate surface area is 132 Å². The van der Waals surface area contributed by atoms with E-state index in [1.165, 1.54) is 11.1 Å². The summed E-state index contributed by atoms with van der Waals surface area (Å²) in [5, 5.41) is 5.70. The highest BCUT2D eigenvalue weighted by atomic mass is 16.2. The minimum atomic E-state index is -0.216. The molecule has 2 N–H and O–H groups in total. The number of rotatable bonds is 6. The Balaban J connectivity index is 1.89. The Morgan fingerprint density at radius 1 is 0.727 bits per heavy atom. The Kier molecular flexibility index (Phi) is 6.01. The summed E-state index contributed by atoms with van der Waals surface area (Å²) in [6, 6.07) is 15.8. The van der Waals surface area contributed by atoms with E-state index in [0.29, 0.717) is 0 Å².